The molecular formula is C24H24N2O. The van der Waals surface area contributed by atoms with Gasteiger partial charge in [0.1, 0.15) is 0 Å². The summed E-state index contributed by atoms with van der Waals surface area (Å²) in [6.45, 7) is 5.21. The van der Waals surface area contributed by atoms with Crippen LogP contribution in [0.15, 0.2) is 66.7 Å². The summed E-state index contributed by atoms with van der Waals surface area (Å²) in [6, 6.07) is 22.9. The van der Waals surface area contributed by atoms with Gasteiger partial charge in [0, 0.05) is 34.0 Å². The number of nitrogens with zero attached hydrogens (tertiary/aromatic N) is 1. The number of hydrogen-bond acceptors (Lipinski definition) is 1. The van der Waals surface area contributed by atoms with E-state index in [-0.39, 0.29) is 5.91 Å². The Morgan fingerprint density at radius 1 is 0.852 bits per heavy atom. The summed E-state index contributed by atoms with van der Waals surface area (Å²) >= 11 is 0. The van der Waals surface area contributed by atoms with E-state index in [2.05, 4.69) is 72.3 Å². The van der Waals surface area contributed by atoms with E-state index < -0.39 is 0 Å². The molecular weight excluding hydrogens is 332 g/mol. The molecule has 3 heteroatoms. The second-order valence-corrected chi connectivity index (χ2v) is 6.89. The van der Waals surface area contributed by atoms with Gasteiger partial charge in [0.2, 0.25) is 5.91 Å². The highest BCUT2D eigenvalue weighted by molar-refractivity contribution is 6.09. The van der Waals surface area contributed by atoms with Crippen LogP contribution in [-0.4, -0.2) is 10.5 Å². The van der Waals surface area contributed by atoms with Gasteiger partial charge in [-0.25, -0.2) is 0 Å². The van der Waals surface area contributed by atoms with E-state index in [0.29, 0.717) is 6.42 Å². The summed E-state index contributed by atoms with van der Waals surface area (Å²) in [7, 11) is 0. The molecule has 0 radical (unpaired) electrons. The highest BCUT2D eigenvalue weighted by atomic mass is 16.1. The van der Waals surface area contributed by atoms with Crippen LogP contribution in [0.25, 0.3) is 21.8 Å². The summed E-state index contributed by atoms with van der Waals surface area (Å²) in [6.07, 6.45) is 1.40. The number of nitrogens with one attached hydrogen (secondary N) is 1. The number of carbonyl (C=O) groups excluding carboxylic acids is 1. The first-order valence-electron chi connectivity index (χ1n) is 9.58. The molecule has 1 aromatic heterocycles. The van der Waals surface area contributed by atoms with Crippen LogP contribution >= 0.6 is 0 Å². The van der Waals surface area contributed by atoms with Crippen molar-refractivity contribution in [3.8, 4) is 0 Å². The summed E-state index contributed by atoms with van der Waals surface area (Å²) in [5, 5.41) is 5.46. The fraction of sp³-hybridized carbons (Fsp3) is 0.208. The smallest absolute Gasteiger partial charge is 0.228 e. The van der Waals surface area contributed by atoms with Crippen LogP contribution in [0.3, 0.4) is 0 Å². The molecule has 4 rings (SSSR count). The van der Waals surface area contributed by atoms with Crippen molar-refractivity contribution in [3.63, 3.8) is 0 Å². The van der Waals surface area contributed by atoms with Crippen LogP contribution in [0.1, 0.15) is 25.0 Å². The fourth-order valence-corrected chi connectivity index (χ4v) is 3.76. The zero-order valence-electron chi connectivity index (χ0n) is 15.8. The average Bonchev–Trinajstić information content (AvgIpc) is 3.01. The molecule has 4 aromatic rings. The van der Waals surface area contributed by atoms with Crippen molar-refractivity contribution >= 4 is 33.4 Å². The number of amides is 1. The zero-order chi connectivity index (χ0) is 18.8. The van der Waals surface area contributed by atoms with E-state index in [4.69, 9.17) is 0 Å². The van der Waals surface area contributed by atoms with Gasteiger partial charge in [-0.2, -0.15) is 0 Å². The number of rotatable bonds is 5. The fourth-order valence-electron chi connectivity index (χ4n) is 3.76. The van der Waals surface area contributed by atoms with E-state index in [1.807, 2.05) is 18.2 Å². The lowest BCUT2D eigenvalue weighted by Crippen LogP contribution is -2.14. The SMILES string of the molecule is CCc1ccc(CC(=O)Nc2ccc3c(c2)c2ccccc2n3CC)cc1. The minimum atomic E-state index is 0.0119. The first-order chi connectivity index (χ1) is 13.2. The molecule has 0 aliphatic rings. The number of para-hydroxylation sites is 1. The van der Waals surface area contributed by atoms with Gasteiger partial charge < -0.3 is 9.88 Å². The van der Waals surface area contributed by atoms with Crippen molar-refractivity contribution in [1.82, 2.24) is 4.57 Å². The average molecular weight is 356 g/mol. The van der Waals surface area contributed by atoms with Gasteiger partial charge in [-0.15, -0.1) is 0 Å². The molecule has 0 spiro atoms. The van der Waals surface area contributed by atoms with Crippen LogP contribution in [0.5, 0.6) is 0 Å². The predicted octanol–water partition coefficient (Wildman–Crippen LogP) is 5.56. The number of fused-ring (bicyclic) bond motifs is 3. The summed E-state index contributed by atoms with van der Waals surface area (Å²) < 4.78 is 2.31. The molecule has 1 N–H and O–H groups in total. The monoisotopic (exact) mass is 356 g/mol. The van der Waals surface area contributed by atoms with Crippen molar-refractivity contribution in [2.45, 2.75) is 33.2 Å². The molecule has 0 aliphatic carbocycles. The van der Waals surface area contributed by atoms with Crippen LogP contribution in [-0.2, 0) is 24.2 Å². The summed E-state index contributed by atoms with van der Waals surface area (Å²) in [5.41, 5.74) is 5.60. The van der Waals surface area contributed by atoms with Gasteiger partial charge >= 0.3 is 0 Å². The van der Waals surface area contributed by atoms with E-state index in [1.165, 1.54) is 27.4 Å². The minimum absolute atomic E-state index is 0.0119. The second kappa shape index (κ2) is 7.28. The van der Waals surface area contributed by atoms with Gasteiger partial charge in [-0.3, -0.25) is 4.79 Å². The Morgan fingerprint density at radius 2 is 1.56 bits per heavy atom. The molecule has 1 heterocycles. The van der Waals surface area contributed by atoms with Crippen molar-refractivity contribution in [3.05, 3.63) is 77.9 Å². The standard InChI is InChI=1S/C24H24N2O/c1-3-17-9-11-18(12-10-17)15-24(27)25-19-13-14-23-21(16-19)20-7-5-6-8-22(20)26(23)4-2/h5-14,16H,3-4,15H2,1-2H3,(H,25,27). The second-order valence-electron chi connectivity index (χ2n) is 6.89. The Bertz CT molecular complexity index is 1110. The van der Waals surface area contributed by atoms with Crippen LogP contribution < -0.4 is 5.32 Å². The molecule has 0 unspecified atom stereocenters. The van der Waals surface area contributed by atoms with Gasteiger partial charge in [0.25, 0.3) is 0 Å². The van der Waals surface area contributed by atoms with Crippen LogP contribution in [0.4, 0.5) is 5.69 Å². The number of aromatic nitrogens is 1. The van der Waals surface area contributed by atoms with Crippen molar-refractivity contribution in [1.29, 1.82) is 0 Å². The highest BCUT2D eigenvalue weighted by Gasteiger charge is 2.11. The molecule has 0 aliphatic heterocycles. The topological polar surface area (TPSA) is 34.0 Å². The maximum Gasteiger partial charge on any atom is 0.228 e. The maximum atomic E-state index is 12.5. The summed E-state index contributed by atoms with van der Waals surface area (Å²) in [4.78, 5) is 12.5. The zero-order valence-corrected chi connectivity index (χ0v) is 15.8. The molecule has 0 saturated carbocycles. The van der Waals surface area contributed by atoms with E-state index in [9.17, 15) is 4.79 Å². The molecule has 0 saturated heterocycles. The number of benzene rings is 3. The Labute approximate surface area is 159 Å². The van der Waals surface area contributed by atoms with E-state index in [0.717, 1.165) is 24.2 Å². The predicted molar refractivity (Wildman–Crippen MR) is 113 cm³/mol. The third-order valence-corrected chi connectivity index (χ3v) is 5.17. The lowest BCUT2D eigenvalue weighted by Gasteiger charge is -2.07. The van der Waals surface area contributed by atoms with Crippen LogP contribution in [0, 0.1) is 0 Å². The Morgan fingerprint density at radius 3 is 2.30 bits per heavy atom. The molecule has 1 amide bonds. The Balaban J connectivity index is 1.60. The third-order valence-electron chi connectivity index (χ3n) is 5.17. The molecule has 136 valence electrons. The molecule has 27 heavy (non-hydrogen) atoms. The molecule has 3 aromatic carbocycles. The molecule has 3 nitrogen and oxygen atoms in total. The van der Waals surface area contributed by atoms with Gasteiger partial charge in [0.05, 0.1) is 6.42 Å². The first-order valence-corrected chi connectivity index (χ1v) is 9.58. The first kappa shape index (κ1) is 17.3. The van der Waals surface area contributed by atoms with Crippen LogP contribution in [0.2, 0.25) is 0 Å². The van der Waals surface area contributed by atoms with Crippen molar-refractivity contribution in [2.24, 2.45) is 0 Å². The van der Waals surface area contributed by atoms with E-state index in [1.54, 1.807) is 0 Å². The number of carbonyl (C=O) groups is 1. The van der Waals surface area contributed by atoms with Gasteiger partial charge in [0.15, 0.2) is 0 Å². The lowest BCUT2D eigenvalue weighted by atomic mass is 10.1. The largest absolute Gasteiger partial charge is 0.341 e. The number of anilines is 1. The Hall–Kier alpha value is -3.07. The minimum Gasteiger partial charge on any atom is -0.341 e. The van der Waals surface area contributed by atoms with Gasteiger partial charge in [-0.1, -0.05) is 49.4 Å². The van der Waals surface area contributed by atoms with Crippen molar-refractivity contribution in [2.75, 3.05) is 5.32 Å². The number of hydrogen-bond donors (Lipinski definition) is 1. The number of aryl methyl sites for hydroxylation is 2. The van der Waals surface area contributed by atoms with Gasteiger partial charge in [-0.05, 0) is 48.7 Å². The Kier molecular flexibility index (Phi) is 4.68. The molecule has 0 fully saturated rings. The third kappa shape index (κ3) is 3.33. The lowest BCUT2D eigenvalue weighted by molar-refractivity contribution is -0.115. The van der Waals surface area contributed by atoms with Crippen molar-refractivity contribution < 1.29 is 4.79 Å². The highest BCUT2D eigenvalue weighted by Crippen LogP contribution is 2.31. The molecule has 0 bridgehead atoms. The molecule has 0 atom stereocenters. The maximum absolute atomic E-state index is 12.5. The van der Waals surface area contributed by atoms with E-state index >= 15 is 0 Å². The normalized spacial score (nSPS) is 11.2. The quantitative estimate of drug-likeness (QED) is 0.499. The summed E-state index contributed by atoms with van der Waals surface area (Å²) in [5.74, 6) is 0.0119.